The lowest BCUT2D eigenvalue weighted by atomic mass is 9.98. The third-order valence-electron chi connectivity index (χ3n) is 3.28. The lowest BCUT2D eigenvalue weighted by Crippen LogP contribution is -2.03. The van der Waals surface area contributed by atoms with Crippen molar-refractivity contribution in [3.8, 4) is 11.5 Å². The Labute approximate surface area is 123 Å². The maximum atomic E-state index is 13.6. The Hall–Kier alpha value is -2.36. The van der Waals surface area contributed by atoms with Crippen molar-refractivity contribution < 1.29 is 19.0 Å². The number of carboxylic acid groups (broad SMARTS) is 1. The number of hydrogen-bond donors (Lipinski definition) is 1. The third kappa shape index (κ3) is 3.21. The molecule has 0 heterocycles. The smallest absolute Gasteiger partial charge is 0.342 e. The minimum Gasteiger partial charge on any atom is -0.477 e. The maximum Gasteiger partial charge on any atom is 0.342 e. The van der Waals surface area contributed by atoms with Gasteiger partial charge in [-0.25, -0.2) is 9.18 Å². The van der Waals surface area contributed by atoms with E-state index in [1.165, 1.54) is 17.7 Å². The molecule has 0 spiro atoms. The van der Waals surface area contributed by atoms with Gasteiger partial charge in [0.1, 0.15) is 22.9 Å². The summed E-state index contributed by atoms with van der Waals surface area (Å²) in [7, 11) is 0. The van der Waals surface area contributed by atoms with E-state index in [1.807, 2.05) is 19.1 Å². The van der Waals surface area contributed by atoms with Crippen molar-refractivity contribution in [1.82, 2.24) is 0 Å². The van der Waals surface area contributed by atoms with E-state index in [0.717, 1.165) is 11.6 Å². The number of carbonyl (C=O) groups is 1. The molecule has 4 heteroatoms. The third-order valence-corrected chi connectivity index (χ3v) is 3.28. The molecule has 2 rings (SSSR count). The molecule has 0 bridgehead atoms. The van der Waals surface area contributed by atoms with E-state index in [2.05, 4.69) is 13.8 Å². The zero-order valence-electron chi connectivity index (χ0n) is 12.2. The van der Waals surface area contributed by atoms with Gasteiger partial charge in [0.05, 0.1) is 0 Å². The van der Waals surface area contributed by atoms with E-state index in [-0.39, 0.29) is 5.75 Å². The molecule has 0 aliphatic carbocycles. The van der Waals surface area contributed by atoms with Gasteiger partial charge in [-0.1, -0.05) is 26.0 Å². The first-order valence-electron chi connectivity index (χ1n) is 6.70. The highest BCUT2D eigenvalue weighted by molar-refractivity contribution is 5.91. The van der Waals surface area contributed by atoms with Crippen LogP contribution in [0.3, 0.4) is 0 Å². The molecule has 0 radical (unpaired) electrons. The molecule has 2 aromatic carbocycles. The Morgan fingerprint density at radius 3 is 2.52 bits per heavy atom. The van der Waals surface area contributed by atoms with Crippen LogP contribution < -0.4 is 4.74 Å². The molecule has 2 aromatic rings. The van der Waals surface area contributed by atoms with Crippen molar-refractivity contribution in [2.45, 2.75) is 26.7 Å². The second-order valence-corrected chi connectivity index (χ2v) is 5.19. The van der Waals surface area contributed by atoms with Gasteiger partial charge in [-0.2, -0.15) is 0 Å². The van der Waals surface area contributed by atoms with Crippen LogP contribution in [0.25, 0.3) is 0 Å². The van der Waals surface area contributed by atoms with Crippen molar-refractivity contribution in [3.63, 3.8) is 0 Å². The average molecular weight is 288 g/mol. The number of hydrogen-bond acceptors (Lipinski definition) is 2. The van der Waals surface area contributed by atoms with Gasteiger partial charge in [0, 0.05) is 0 Å². The predicted molar refractivity (Wildman–Crippen MR) is 78.7 cm³/mol. The van der Waals surface area contributed by atoms with Crippen molar-refractivity contribution in [1.29, 1.82) is 0 Å². The van der Waals surface area contributed by atoms with Gasteiger partial charge in [-0.05, 0) is 48.2 Å². The van der Waals surface area contributed by atoms with Crippen molar-refractivity contribution in [2.75, 3.05) is 0 Å². The number of rotatable bonds is 4. The lowest BCUT2D eigenvalue weighted by Gasteiger charge is -2.13. The van der Waals surface area contributed by atoms with Crippen LogP contribution in [0.2, 0.25) is 0 Å². The van der Waals surface area contributed by atoms with E-state index >= 15 is 0 Å². The summed E-state index contributed by atoms with van der Waals surface area (Å²) in [4.78, 5) is 11.1. The fraction of sp³-hybridized carbons (Fsp3) is 0.235. The molecule has 0 atom stereocenters. The molecule has 0 saturated heterocycles. The van der Waals surface area contributed by atoms with E-state index in [9.17, 15) is 9.18 Å². The summed E-state index contributed by atoms with van der Waals surface area (Å²) < 4.78 is 19.1. The van der Waals surface area contributed by atoms with Crippen molar-refractivity contribution in [2.24, 2.45) is 0 Å². The Kier molecular flexibility index (Phi) is 4.26. The first kappa shape index (κ1) is 15.0. The molecule has 1 N–H and O–H groups in total. The highest BCUT2D eigenvalue weighted by atomic mass is 19.1. The molecule has 0 fully saturated rings. The molecule has 0 amide bonds. The highest BCUT2D eigenvalue weighted by Gasteiger charge is 2.17. The van der Waals surface area contributed by atoms with Crippen LogP contribution in [-0.4, -0.2) is 11.1 Å². The predicted octanol–water partition coefficient (Wildman–Crippen LogP) is 4.75. The van der Waals surface area contributed by atoms with Gasteiger partial charge in [0.2, 0.25) is 0 Å². The number of halogens is 1. The molecular weight excluding hydrogens is 271 g/mol. The largest absolute Gasteiger partial charge is 0.477 e. The molecule has 21 heavy (non-hydrogen) atoms. The number of benzene rings is 2. The fourth-order valence-electron chi connectivity index (χ4n) is 2.28. The van der Waals surface area contributed by atoms with E-state index < -0.39 is 17.3 Å². The van der Waals surface area contributed by atoms with E-state index in [1.54, 1.807) is 6.07 Å². The molecule has 0 unspecified atom stereocenters. The van der Waals surface area contributed by atoms with Crippen LogP contribution in [0.15, 0.2) is 36.4 Å². The molecular formula is C17H17FO3. The molecule has 110 valence electrons. The minimum absolute atomic E-state index is 0.000744. The number of carboxylic acids is 1. The second-order valence-electron chi connectivity index (χ2n) is 5.19. The van der Waals surface area contributed by atoms with Crippen LogP contribution in [0.4, 0.5) is 4.39 Å². The van der Waals surface area contributed by atoms with Crippen LogP contribution >= 0.6 is 0 Å². The average Bonchev–Trinajstić information content (AvgIpc) is 2.37. The number of aryl methyl sites for hydroxylation is 1. The van der Waals surface area contributed by atoms with Crippen LogP contribution in [0.5, 0.6) is 11.5 Å². The van der Waals surface area contributed by atoms with Crippen LogP contribution in [0, 0.1) is 12.7 Å². The molecule has 0 saturated carbocycles. The fourth-order valence-corrected chi connectivity index (χ4v) is 2.28. The van der Waals surface area contributed by atoms with Crippen molar-refractivity contribution in [3.05, 3.63) is 58.9 Å². The first-order valence-corrected chi connectivity index (χ1v) is 6.70. The molecule has 3 nitrogen and oxygen atoms in total. The Morgan fingerprint density at radius 1 is 1.24 bits per heavy atom. The maximum absolute atomic E-state index is 13.6. The summed E-state index contributed by atoms with van der Waals surface area (Å²) in [5.41, 5.74) is 1.79. The molecule has 0 aliphatic heterocycles. The van der Waals surface area contributed by atoms with Gasteiger partial charge in [0.15, 0.2) is 0 Å². The summed E-state index contributed by atoms with van der Waals surface area (Å²) >= 11 is 0. The molecule has 0 aromatic heterocycles. The van der Waals surface area contributed by atoms with Crippen LogP contribution in [-0.2, 0) is 0 Å². The van der Waals surface area contributed by atoms with Crippen LogP contribution in [0.1, 0.15) is 41.3 Å². The summed E-state index contributed by atoms with van der Waals surface area (Å²) in [5.74, 6) is -1.28. The SMILES string of the molecule is Cc1cc(Oc2cccc(F)c2C(=O)O)ccc1C(C)C. The van der Waals surface area contributed by atoms with Gasteiger partial charge in [-0.15, -0.1) is 0 Å². The van der Waals surface area contributed by atoms with E-state index in [4.69, 9.17) is 9.84 Å². The topological polar surface area (TPSA) is 46.5 Å². The normalized spacial score (nSPS) is 10.7. The number of ether oxygens (including phenoxy) is 1. The zero-order valence-corrected chi connectivity index (χ0v) is 12.2. The molecule has 0 aliphatic rings. The Bertz CT molecular complexity index is 678. The standard InChI is InChI=1S/C17H17FO3/c1-10(2)13-8-7-12(9-11(13)3)21-15-6-4-5-14(18)16(15)17(19)20/h4-10H,1-3H3,(H,19,20). The quantitative estimate of drug-likeness (QED) is 0.883. The van der Waals surface area contributed by atoms with Gasteiger partial charge in [0.25, 0.3) is 0 Å². The monoisotopic (exact) mass is 288 g/mol. The summed E-state index contributed by atoms with van der Waals surface area (Å²) in [5, 5.41) is 9.08. The lowest BCUT2D eigenvalue weighted by molar-refractivity contribution is 0.0689. The first-order chi connectivity index (χ1) is 9.90. The van der Waals surface area contributed by atoms with Gasteiger partial charge >= 0.3 is 5.97 Å². The van der Waals surface area contributed by atoms with E-state index in [0.29, 0.717) is 11.7 Å². The van der Waals surface area contributed by atoms with Gasteiger partial charge < -0.3 is 9.84 Å². The van der Waals surface area contributed by atoms with Crippen molar-refractivity contribution >= 4 is 5.97 Å². The summed E-state index contributed by atoms with van der Waals surface area (Å²) in [6.45, 7) is 6.15. The zero-order chi connectivity index (χ0) is 15.6. The van der Waals surface area contributed by atoms with Gasteiger partial charge in [-0.3, -0.25) is 0 Å². The summed E-state index contributed by atoms with van der Waals surface area (Å²) in [6.07, 6.45) is 0. The minimum atomic E-state index is -1.35. The Balaban J connectivity index is 2.37. The second kappa shape index (κ2) is 5.95. The Morgan fingerprint density at radius 2 is 1.95 bits per heavy atom. The number of aromatic carboxylic acids is 1. The highest BCUT2D eigenvalue weighted by Crippen LogP contribution is 2.30. The summed E-state index contributed by atoms with van der Waals surface area (Å²) in [6, 6.07) is 9.49.